The third-order valence-electron chi connectivity index (χ3n) is 3.43. The SMILES string of the molecule is Cc1cc(-c2ccc(Cl)cc2CNC2CC2)ccn1. The molecule has 0 radical (unpaired) electrons. The van der Waals surface area contributed by atoms with Crippen molar-refractivity contribution in [2.45, 2.75) is 32.4 Å². The lowest BCUT2D eigenvalue weighted by atomic mass is 10.00. The van der Waals surface area contributed by atoms with Gasteiger partial charge in [0.1, 0.15) is 0 Å². The van der Waals surface area contributed by atoms with E-state index in [1.807, 2.05) is 19.2 Å². The van der Waals surface area contributed by atoms with Gasteiger partial charge in [-0.25, -0.2) is 0 Å². The first-order chi connectivity index (χ1) is 9.22. The van der Waals surface area contributed by atoms with Crippen LogP contribution in [0, 0.1) is 6.92 Å². The van der Waals surface area contributed by atoms with Gasteiger partial charge in [0.2, 0.25) is 0 Å². The first-order valence-electron chi connectivity index (χ1n) is 6.67. The number of aryl methyl sites for hydroxylation is 1. The number of aromatic nitrogens is 1. The Morgan fingerprint density at radius 1 is 1.26 bits per heavy atom. The maximum Gasteiger partial charge on any atom is 0.0409 e. The summed E-state index contributed by atoms with van der Waals surface area (Å²) in [4.78, 5) is 4.26. The van der Waals surface area contributed by atoms with E-state index in [1.54, 1.807) is 0 Å². The molecule has 0 saturated heterocycles. The lowest BCUT2D eigenvalue weighted by molar-refractivity contribution is 0.689. The maximum atomic E-state index is 6.13. The van der Waals surface area contributed by atoms with E-state index in [2.05, 4.69) is 34.6 Å². The van der Waals surface area contributed by atoms with Crippen LogP contribution in [-0.4, -0.2) is 11.0 Å². The molecule has 1 saturated carbocycles. The molecule has 3 heteroatoms. The van der Waals surface area contributed by atoms with Crippen molar-refractivity contribution in [3.8, 4) is 11.1 Å². The zero-order chi connectivity index (χ0) is 13.2. The lowest BCUT2D eigenvalue weighted by Gasteiger charge is -2.11. The zero-order valence-corrected chi connectivity index (χ0v) is 11.7. The quantitative estimate of drug-likeness (QED) is 0.911. The normalized spacial score (nSPS) is 14.6. The Balaban J connectivity index is 1.94. The molecule has 0 bridgehead atoms. The number of nitrogens with one attached hydrogen (secondary N) is 1. The zero-order valence-electron chi connectivity index (χ0n) is 11.0. The molecule has 98 valence electrons. The van der Waals surface area contributed by atoms with Crippen molar-refractivity contribution in [2.24, 2.45) is 0 Å². The van der Waals surface area contributed by atoms with Gasteiger partial charge in [0.15, 0.2) is 0 Å². The summed E-state index contributed by atoms with van der Waals surface area (Å²) in [6.45, 7) is 2.89. The van der Waals surface area contributed by atoms with Gasteiger partial charge in [-0.1, -0.05) is 17.7 Å². The van der Waals surface area contributed by atoms with Gasteiger partial charge in [-0.2, -0.15) is 0 Å². The number of rotatable bonds is 4. The van der Waals surface area contributed by atoms with Crippen LogP contribution in [0.25, 0.3) is 11.1 Å². The summed E-state index contributed by atoms with van der Waals surface area (Å²) in [7, 11) is 0. The first kappa shape index (κ1) is 12.6. The summed E-state index contributed by atoms with van der Waals surface area (Å²) < 4.78 is 0. The number of hydrogen-bond donors (Lipinski definition) is 1. The standard InChI is InChI=1S/C16H17ClN2/c1-11-8-12(6-7-18-11)16-5-2-14(17)9-13(16)10-19-15-3-4-15/h2,5-9,15,19H,3-4,10H2,1H3. The summed E-state index contributed by atoms with van der Waals surface area (Å²) >= 11 is 6.13. The molecule has 1 fully saturated rings. The summed E-state index contributed by atoms with van der Waals surface area (Å²) in [5, 5.41) is 4.34. The predicted molar refractivity (Wildman–Crippen MR) is 79.3 cm³/mol. The molecule has 0 spiro atoms. The van der Waals surface area contributed by atoms with Crippen molar-refractivity contribution in [1.29, 1.82) is 0 Å². The minimum absolute atomic E-state index is 0.700. The van der Waals surface area contributed by atoms with Crippen LogP contribution in [0.4, 0.5) is 0 Å². The molecule has 1 aliphatic rings. The third kappa shape index (κ3) is 3.14. The average Bonchev–Trinajstić information content (AvgIpc) is 3.20. The van der Waals surface area contributed by atoms with Crippen molar-refractivity contribution in [3.05, 3.63) is 52.8 Å². The Bertz CT molecular complexity index is 591. The highest BCUT2D eigenvalue weighted by Gasteiger charge is 2.20. The number of nitrogens with zero attached hydrogens (tertiary/aromatic N) is 1. The molecule has 1 aromatic carbocycles. The average molecular weight is 273 g/mol. The maximum absolute atomic E-state index is 6.13. The van der Waals surface area contributed by atoms with Crippen LogP contribution in [0.3, 0.4) is 0 Å². The van der Waals surface area contributed by atoms with Gasteiger partial charge in [-0.15, -0.1) is 0 Å². The molecular weight excluding hydrogens is 256 g/mol. The van der Waals surface area contributed by atoms with Gasteiger partial charge in [0, 0.05) is 29.5 Å². The van der Waals surface area contributed by atoms with E-state index in [-0.39, 0.29) is 0 Å². The van der Waals surface area contributed by atoms with Gasteiger partial charge in [-0.05, 0) is 60.7 Å². The number of benzene rings is 1. The smallest absolute Gasteiger partial charge is 0.0409 e. The van der Waals surface area contributed by atoms with E-state index in [9.17, 15) is 0 Å². The molecule has 0 aliphatic heterocycles. The second-order valence-electron chi connectivity index (χ2n) is 5.14. The van der Waals surface area contributed by atoms with Crippen LogP contribution in [0.5, 0.6) is 0 Å². The van der Waals surface area contributed by atoms with E-state index in [1.165, 1.54) is 29.5 Å². The van der Waals surface area contributed by atoms with E-state index in [4.69, 9.17) is 11.6 Å². The Labute approximate surface area is 118 Å². The first-order valence-corrected chi connectivity index (χ1v) is 7.05. The minimum Gasteiger partial charge on any atom is -0.310 e. The fraction of sp³-hybridized carbons (Fsp3) is 0.312. The molecule has 2 aromatic rings. The van der Waals surface area contributed by atoms with Crippen LogP contribution in [0.2, 0.25) is 5.02 Å². The fourth-order valence-electron chi connectivity index (χ4n) is 2.25. The second kappa shape index (κ2) is 5.32. The van der Waals surface area contributed by atoms with Crippen molar-refractivity contribution in [3.63, 3.8) is 0 Å². The molecule has 0 amide bonds. The molecule has 1 aromatic heterocycles. The van der Waals surface area contributed by atoms with Gasteiger partial charge in [-0.3, -0.25) is 4.98 Å². The molecular formula is C16H17ClN2. The third-order valence-corrected chi connectivity index (χ3v) is 3.67. The van der Waals surface area contributed by atoms with Crippen LogP contribution >= 0.6 is 11.6 Å². The van der Waals surface area contributed by atoms with E-state index in [0.29, 0.717) is 6.04 Å². The molecule has 2 nitrogen and oxygen atoms in total. The molecule has 0 unspecified atom stereocenters. The number of hydrogen-bond acceptors (Lipinski definition) is 2. The summed E-state index contributed by atoms with van der Waals surface area (Å²) in [6.07, 6.45) is 4.45. The van der Waals surface area contributed by atoms with Gasteiger partial charge in [0.05, 0.1) is 0 Å². The molecule has 0 atom stereocenters. The highest BCUT2D eigenvalue weighted by atomic mass is 35.5. The van der Waals surface area contributed by atoms with Crippen LogP contribution in [0.1, 0.15) is 24.1 Å². The van der Waals surface area contributed by atoms with E-state index >= 15 is 0 Å². The molecule has 19 heavy (non-hydrogen) atoms. The Morgan fingerprint density at radius 2 is 2.11 bits per heavy atom. The highest BCUT2D eigenvalue weighted by Crippen LogP contribution is 2.28. The van der Waals surface area contributed by atoms with Gasteiger partial charge in [0.25, 0.3) is 0 Å². The molecule has 3 rings (SSSR count). The van der Waals surface area contributed by atoms with Gasteiger partial charge >= 0.3 is 0 Å². The summed E-state index contributed by atoms with van der Waals surface area (Å²) in [5.74, 6) is 0. The fourth-order valence-corrected chi connectivity index (χ4v) is 2.44. The monoisotopic (exact) mass is 272 g/mol. The summed E-state index contributed by atoms with van der Waals surface area (Å²) in [6, 6.07) is 11.0. The molecule has 1 N–H and O–H groups in total. The molecule has 1 heterocycles. The lowest BCUT2D eigenvalue weighted by Crippen LogP contribution is -2.15. The Kier molecular flexibility index (Phi) is 3.54. The number of halogens is 1. The second-order valence-corrected chi connectivity index (χ2v) is 5.58. The predicted octanol–water partition coefficient (Wildman–Crippen LogP) is 3.96. The van der Waals surface area contributed by atoms with Gasteiger partial charge < -0.3 is 5.32 Å². The van der Waals surface area contributed by atoms with E-state index < -0.39 is 0 Å². The number of pyridine rings is 1. The highest BCUT2D eigenvalue weighted by molar-refractivity contribution is 6.30. The van der Waals surface area contributed by atoms with Crippen molar-refractivity contribution >= 4 is 11.6 Å². The van der Waals surface area contributed by atoms with Crippen molar-refractivity contribution < 1.29 is 0 Å². The largest absolute Gasteiger partial charge is 0.310 e. The summed E-state index contributed by atoms with van der Waals surface area (Å²) in [5.41, 5.74) is 4.73. The minimum atomic E-state index is 0.700. The Morgan fingerprint density at radius 3 is 2.84 bits per heavy atom. The van der Waals surface area contributed by atoms with Crippen LogP contribution < -0.4 is 5.32 Å². The van der Waals surface area contributed by atoms with Crippen LogP contribution in [-0.2, 0) is 6.54 Å². The molecule has 1 aliphatic carbocycles. The Hall–Kier alpha value is -1.38. The van der Waals surface area contributed by atoms with Crippen molar-refractivity contribution in [2.75, 3.05) is 0 Å². The van der Waals surface area contributed by atoms with Crippen molar-refractivity contribution in [1.82, 2.24) is 10.3 Å². The van der Waals surface area contributed by atoms with Crippen LogP contribution in [0.15, 0.2) is 36.5 Å². The van der Waals surface area contributed by atoms with E-state index in [0.717, 1.165) is 17.3 Å². The topological polar surface area (TPSA) is 24.9 Å².